The lowest BCUT2D eigenvalue weighted by Gasteiger charge is -2.25. The summed E-state index contributed by atoms with van der Waals surface area (Å²) in [6, 6.07) is 10.8. The summed E-state index contributed by atoms with van der Waals surface area (Å²) in [4.78, 5) is 2.07. The average molecular weight is 364 g/mol. The molecule has 0 fully saturated rings. The highest BCUT2D eigenvalue weighted by atomic mass is 32.2. The third-order valence-corrected chi connectivity index (χ3v) is 5.72. The van der Waals surface area contributed by atoms with E-state index >= 15 is 0 Å². The van der Waals surface area contributed by atoms with Crippen molar-refractivity contribution in [3.8, 4) is 5.75 Å². The van der Waals surface area contributed by atoms with Crippen LogP contribution in [0, 0.1) is 5.82 Å². The van der Waals surface area contributed by atoms with Gasteiger partial charge in [0.1, 0.15) is 11.6 Å². The zero-order chi connectivity index (χ0) is 18.0. The second-order valence-corrected chi connectivity index (χ2v) is 8.02. The van der Waals surface area contributed by atoms with Gasteiger partial charge in [-0.05, 0) is 55.6 Å². The van der Waals surface area contributed by atoms with Gasteiger partial charge in [-0.25, -0.2) is 17.5 Å². The Bertz CT molecular complexity index is 868. The Balaban J connectivity index is 1.78. The number of nitrogens with one attached hydrogen (secondary N) is 1. The number of nitrogens with zero attached hydrogens (tertiary/aromatic N) is 1. The number of hydrogen-bond acceptors (Lipinski definition) is 4. The maximum atomic E-state index is 13.5. The van der Waals surface area contributed by atoms with Crippen LogP contribution in [0.2, 0.25) is 0 Å². The molecule has 5 nitrogen and oxygen atoms in total. The van der Waals surface area contributed by atoms with Crippen molar-refractivity contribution in [3.63, 3.8) is 0 Å². The van der Waals surface area contributed by atoms with Crippen LogP contribution in [0.3, 0.4) is 0 Å². The molecule has 1 atom stereocenters. The Morgan fingerprint density at radius 1 is 1.24 bits per heavy atom. The Morgan fingerprint density at radius 3 is 2.76 bits per heavy atom. The average Bonchev–Trinajstić information content (AvgIpc) is 3.02. The number of ether oxygens (including phenoxy) is 1. The fraction of sp³-hybridized carbons (Fsp3) is 0.333. The first-order chi connectivity index (χ1) is 11.9. The minimum atomic E-state index is -3.65. The molecule has 0 aliphatic carbocycles. The summed E-state index contributed by atoms with van der Waals surface area (Å²) in [6.45, 7) is 0.723. The Morgan fingerprint density at radius 2 is 2.04 bits per heavy atom. The molecular weight excluding hydrogens is 343 g/mol. The molecule has 2 aromatic carbocycles. The number of benzene rings is 2. The van der Waals surface area contributed by atoms with Crippen molar-refractivity contribution in [2.24, 2.45) is 0 Å². The quantitative estimate of drug-likeness (QED) is 0.855. The molecule has 7 heteroatoms. The molecule has 134 valence electrons. The summed E-state index contributed by atoms with van der Waals surface area (Å²) < 4.78 is 46.8. The van der Waals surface area contributed by atoms with E-state index in [0.29, 0.717) is 13.0 Å². The van der Waals surface area contributed by atoms with E-state index in [2.05, 4.69) is 4.72 Å². The van der Waals surface area contributed by atoms with Gasteiger partial charge in [-0.3, -0.25) is 0 Å². The zero-order valence-electron chi connectivity index (χ0n) is 14.2. The summed E-state index contributed by atoms with van der Waals surface area (Å²) in [5.74, 6) is 0.399. The first-order valence-corrected chi connectivity index (χ1v) is 9.52. The van der Waals surface area contributed by atoms with Crippen molar-refractivity contribution in [1.29, 1.82) is 0 Å². The summed E-state index contributed by atoms with van der Waals surface area (Å²) in [6.07, 6.45) is 0.711. The maximum absolute atomic E-state index is 13.5. The first kappa shape index (κ1) is 17.8. The van der Waals surface area contributed by atoms with Gasteiger partial charge in [0.2, 0.25) is 10.0 Å². The van der Waals surface area contributed by atoms with Crippen LogP contribution >= 0.6 is 0 Å². The normalized spacial score (nSPS) is 15.0. The highest BCUT2D eigenvalue weighted by Gasteiger charge is 2.22. The number of likely N-dealkylation sites (N-methyl/N-ethyl adjacent to an activating group) is 1. The molecule has 1 aliphatic heterocycles. The van der Waals surface area contributed by atoms with Gasteiger partial charge < -0.3 is 9.64 Å². The fourth-order valence-electron chi connectivity index (χ4n) is 2.91. The molecule has 1 heterocycles. The predicted molar refractivity (Wildman–Crippen MR) is 93.7 cm³/mol. The van der Waals surface area contributed by atoms with E-state index in [-0.39, 0.29) is 23.3 Å². The highest BCUT2D eigenvalue weighted by molar-refractivity contribution is 7.89. The first-order valence-electron chi connectivity index (χ1n) is 8.04. The Kier molecular flexibility index (Phi) is 5.08. The molecule has 25 heavy (non-hydrogen) atoms. The van der Waals surface area contributed by atoms with Gasteiger partial charge in [-0.15, -0.1) is 0 Å². The molecule has 1 aliphatic rings. The summed E-state index contributed by atoms with van der Waals surface area (Å²) in [5.41, 5.74) is 1.62. The lowest BCUT2D eigenvalue weighted by molar-refractivity contribution is 0.299. The third kappa shape index (κ3) is 4.00. The van der Waals surface area contributed by atoms with Crippen molar-refractivity contribution in [3.05, 3.63) is 59.4 Å². The second kappa shape index (κ2) is 7.11. The number of hydrogen-bond donors (Lipinski definition) is 1. The van der Waals surface area contributed by atoms with Gasteiger partial charge in [-0.2, -0.15) is 0 Å². The van der Waals surface area contributed by atoms with Crippen molar-refractivity contribution in [2.45, 2.75) is 17.4 Å². The van der Waals surface area contributed by atoms with Gasteiger partial charge >= 0.3 is 0 Å². The molecule has 0 radical (unpaired) electrons. The Labute approximate surface area is 147 Å². The van der Waals surface area contributed by atoms with Gasteiger partial charge in [0.25, 0.3) is 0 Å². The van der Waals surface area contributed by atoms with E-state index in [4.69, 9.17) is 4.74 Å². The fourth-order valence-corrected chi connectivity index (χ4v) is 4.00. The topological polar surface area (TPSA) is 58.6 Å². The molecule has 1 unspecified atom stereocenters. The molecule has 0 amide bonds. The SMILES string of the molecule is CN(C)C(CNS(=O)(=O)c1ccc2c(c1)CCO2)c1cccc(F)c1. The van der Waals surface area contributed by atoms with E-state index in [1.165, 1.54) is 12.1 Å². The molecule has 0 bridgehead atoms. The Hall–Kier alpha value is -1.96. The number of sulfonamides is 1. The minimum absolute atomic E-state index is 0.145. The van der Waals surface area contributed by atoms with E-state index in [9.17, 15) is 12.8 Å². The van der Waals surface area contributed by atoms with Crippen molar-refractivity contribution < 1.29 is 17.5 Å². The molecular formula is C18H21FN2O3S. The van der Waals surface area contributed by atoms with Crippen molar-refractivity contribution in [1.82, 2.24) is 9.62 Å². The molecule has 0 spiro atoms. The summed E-state index contributed by atoms with van der Waals surface area (Å²) >= 11 is 0. The third-order valence-electron chi connectivity index (χ3n) is 4.29. The van der Waals surface area contributed by atoms with Crippen molar-refractivity contribution in [2.75, 3.05) is 27.2 Å². The maximum Gasteiger partial charge on any atom is 0.240 e. The molecule has 0 saturated carbocycles. The van der Waals surface area contributed by atoms with E-state index in [1.807, 2.05) is 19.0 Å². The summed E-state index contributed by atoms with van der Waals surface area (Å²) in [5, 5.41) is 0. The van der Waals surface area contributed by atoms with Crippen LogP contribution < -0.4 is 9.46 Å². The lowest BCUT2D eigenvalue weighted by Crippen LogP contribution is -2.34. The molecule has 3 rings (SSSR count). The number of fused-ring (bicyclic) bond motifs is 1. The van der Waals surface area contributed by atoms with E-state index in [0.717, 1.165) is 16.9 Å². The van der Waals surface area contributed by atoms with Crippen LogP contribution in [0.5, 0.6) is 5.75 Å². The van der Waals surface area contributed by atoms with Gasteiger partial charge in [0.15, 0.2) is 0 Å². The second-order valence-electron chi connectivity index (χ2n) is 6.25. The summed E-state index contributed by atoms with van der Waals surface area (Å²) in [7, 11) is 0.00540. The molecule has 2 aromatic rings. The van der Waals surface area contributed by atoms with Crippen molar-refractivity contribution >= 4 is 10.0 Å². The minimum Gasteiger partial charge on any atom is -0.493 e. The number of rotatable bonds is 6. The van der Waals surface area contributed by atoms with Crippen LogP contribution in [0.4, 0.5) is 4.39 Å². The van der Waals surface area contributed by atoms with Gasteiger partial charge in [-0.1, -0.05) is 12.1 Å². The van der Waals surface area contributed by atoms with Crippen LogP contribution in [0.15, 0.2) is 47.4 Å². The van der Waals surface area contributed by atoms with Gasteiger partial charge in [0.05, 0.1) is 11.5 Å². The largest absolute Gasteiger partial charge is 0.493 e. The highest BCUT2D eigenvalue weighted by Crippen LogP contribution is 2.27. The zero-order valence-corrected chi connectivity index (χ0v) is 15.0. The van der Waals surface area contributed by atoms with E-state index in [1.54, 1.807) is 30.3 Å². The van der Waals surface area contributed by atoms with E-state index < -0.39 is 10.0 Å². The predicted octanol–water partition coefficient (Wildman–Crippen LogP) is 2.34. The molecule has 0 saturated heterocycles. The molecule has 1 N–H and O–H groups in total. The molecule has 0 aromatic heterocycles. The van der Waals surface area contributed by atoms with Crippen LogP contribution in [-0.4, -0.2) is 40.6 Å². The van der Waals surface area contributed by atoms with Gasteiger partial charge in [0, 0.05) is 19.0 Å². The van der Waals surface area contributed by atoms with Crippen LogP contribution in [0.1, 0.15) is 17.2 Å². The lowest BCUT2D eigenvalue weighted by atomic mass is 10.1. The monoisotopic (exact) mass is 364 g/mol. The standard InChI is InChI=1S/C18H21FN2O3S/c1-21(2)17(13-4-3-5-15(19)10-13)12-20-25(22,23)16-6-7-18-14(11-16)8-9-24-18/h3-7,10-11,17,20H,8-9,12H2,1-2H3. The number of halogens is 1. The smallest absolute Gasteiger partial charge is 0.240 e. The van der Waals surface area contributed by atoms with Crippen LogP contribution in [-0.2, 0) is 16.4 Å². The van der Waals surface area contributed by atoms with Crippen LogP contribution in [0.25, 0.3) is 0 Å².